The third-order valence-corrected chi connectivity index (χ3v) is 5.24. The van der Waals surface area contributed by atoms with Gasteiger partial charge in [0.15, 0.2) is 11.3 Å². The predicted octanol–water partition coefficient (Wildman–Crippen LogP) is 1.57. The second-order valence-electron chi connectivity index (χ2n) is 8.54. The van der Waals surface area contributed by atoms with Crippen LogP contribution in [0.15, 0.2) is 17.1 Å². The van der Waals surface area contributed by atoms with Gasteiger partial charge in [-0.15, -0.1) is 0 Å². The molecule has 2 aromatic heterocycles. The van der Waals surface area contributed by atoms with E-state index in [0.29, 0.717) is 49.9 Å². The van der Waals surface area contributed by atoms with Crippen LogP contribution in [0.1, 0.15) is 44.8 Å². The summed E-state index contributed by atoms with van der Waals surface area (Å²) in [6.07, 6.45) is 3.47. The molecule has 30 heavy (non-hydrogen) atoms. The van der Waals surface area contributed by atoms with Gasteiger partial charge in [0.2, 0.25) is 0 Å². The maximum Gasteiger partial charge on any atom is 0.410 e. The molecular formula is C20H27N5O5. The summed E-state index contributed by atoms with van der Waals surface area (Å²) in [6, 6.07) is 0. The Morgan fingerprint density at radius 2 is 2.13 bits per heavy atom. The van der Waals surface area contributed by atoms with E-state index in [1.54, 1.807) is 16.5 Å². The van der Waals surface area contributed by atoms with Crippen molar-refractivity contribution in [3.8, 4) is 0 Å². The average molecular weight is 417 g/mol. The van der Waals surface area contributed by atoms with Gasteiger partial charge < -0.3 is 24.1 Å². The van der Waals surface area contributed by atoms with Crippen LogP contribution in [0.25, 0.3) is 11.1 Å². The minimum atomic E-state index is -0.591. The zero-order valence-electron chi connectivity index (χ0n) is 17.7. The number of nitrogens with one attached hydrogen (secondary N) is 1. The fourth-order valence-electron chi connectivity index (χ4n) is 3.78. The van der Waals surface area contributed by atoms with Crippen LogP contribution in [0, 0.1) is 0 Å². The first-order valence-electron chi connectivity index (χ1n) is 10.0. The lowest BCUT2D eigenvalue weighted by Gasteiger charge is -2.24. The number of imidazole rings is 1. The van der Waals surface area contributed by atoms with Crippen LogP contribution in [-0.4, -0.2) is 75.7 Å². The number of carbonyl (C=O) groups excluding carboxylic acids is 1. The first kappa shape index (κ1) is 20.5. The van der Waals surface area contributed by atoms with Gasteiger partial charge >= 0.3 is 6.09 Å². The van der Waals surface area contributed by atoms with E-state index in [9.17, 15) is 9.59 Å². The molecule has 0 bridgehead atoms. The SMILES string of the molecule is COC1CN(C(=O)OC(C)(C)C)CC1c1nn2c(C3=CCOCC3)ncc2c(=O)[nH]1. The smallest absolute Gasteiger partial charge is 0.410 e. The molecule has 2 atom stereocenters. The summed E-state index contributed by atoms with van der Waals surface area (Å²) in [4.78, 5) is 34.1. The highest BCUT2D eigenvalue weighted by molar-refractivity contribution is 5.69. The summed E-state index contributed by atoms with van der Waals surface area (Å²) in [6.45, 7) is 7.29. The molecule has 0 aliphatic carbocycles. The van der Waals surface area contributed by atoms with E-state index in [4.69, 9.17) is 14.2 Å². The Balaban J connectivity index is 1.67. The summed E-state index contributed by atoms with van der Waals surface area (Å²) >= 11 is 0. The number of aromatic amines is 1. The first-order chi connectivity index (χ1) is 14.3. The summed E-state index contributed by atoms with van der Waals surface area (Å²) in [7, 11) is 1.59. The highest BCUT2D eigenvalue weighted by Gasteiger charge is 2.40. The van der Waals surface area contributed by atoms with Gasteiger partial charge in [0.25, 0.3) is 5.56 Å². The number of fused-ring (bicyclic) bond motifs is 1. The highest BCUT2D eigenvalue weighted by Crippen LogP contribution is 2.29. The van der Waals surface area contributed by atoms with Gasteiger partial charge in [0, 0.05) is 13.7 Å². The number of rotatable bonds is 3. The Labute approximate surface area is 173 Å². The van der Waals surface area contributed by atoms with Crippen molar-refractivity contribution in [1.29, 1.82) is 0 Å². The number of aromatic nitrogens is 4. The van der Waals surface area contributed by atoms with Crippen molar-refractivity contribution in [1.82, 2.24) is 24.5 Å². The normalized spacial score (nSPS) is 22.4. The standard InChI is InChI=1S/C20H27N5O5/c1-20(2,3)30-19(27)24-10-13(15(11-24)28-4)16-22-18(26)14-9-21-17(25(14)23-16)12-5-7-29-8-6-12/h5,9,13,15H,6-8,10-11H2,1-4H3,(H,22,23,26). The lowest BCUT2D eigenvalue weighted by molar-refractivity contribution is 0.0252. The molecule has 0 spiro atoms. The zero-order chi connectivity index (χ0) is 21.5. The van der Waals surface area contributed by atoms with E-state index < -0.39 is 11.7 Å². The lowest BCUT2D eigenvalue weighted by atomic mass is 10.1. The molecule has 1 amide bonds. The number of methoxy groups -OCH3 is 1. The minimum absolute atomic E-state index is 0.281. The van der Waals surface area contributed by atoms with Crippen LogP contribution in [0.5, 0.6) is 0 Å². The number of hydrogen-bond acceptors (Lipinski definition) is 7. The Hall–Kier alpha value is -2.72. The molecule has 1 fully saturated rings. The van der Waals surface area contributed by atoms with E-state index in [1.165, 1.54) is 6.20 Å². The zero-order valence-corrected chi connectivity index (χ0v) is 17.7. The number of hydrogen-bond donors (Lipinski definition) is 1. The van der Waals surface area contributed by atoms with Crippen LogP contribution in [0.2, 0.25) is 0 Å². The Kier molecular flexibility index (Phi) is 5.37. The van der Waals surface area contributed by atoms with E-state index >= 15 is 0 Å². The van der Waals surface area contributed by atoms with E-state index in [0.717, 1.165) is 5.57 Å². The molecule has 10 nitrogen and oxygen atoms in total. The third-order valence-electron chi connectivity index (χ3n) is 5.24. The van der Waals surface area contributed by atoms with E-state index in [2.05, 4.69) is 15.1 Å². The molecule has 0 saturated carbocycles. The Morgan fingerprint density at radius 1 is 1.33 bits per heavy atom. The van der Waals surface area contributed by atoms with Crippen LogP contribution in [0.4, 0.5) is 4.79 Å². The maximum atomic E-state index is 12.7. The molecule has 10 heteroatoms. The predicted molar refractivity (Wildman–Crippen MR) is 108 cm³/mol. The first-order valence-corrected chi connectivity index (χ1v) is 10.0. The summed E-state index contributed by atoms with van der Waals surface area (Å²) in [5, 5.41) is 4.68. The fraction of sp³-hybridized carbons (Fsp3) is 0.600. The number of nitrogens with zero attached hydrogens (tertiary/aromatic N) is 4. The van der Waals surface area contributed by atoms with Crippen LogP contribution in [0.3, 0.4) is 0 Å². The number of ether oxygens (including phenoxy) is 3. The Morgan fingerprint density at radius 3 is 2.80 bits per heavy atom. The van der Waals surface area contributed by atoms with Crippen LogP contribution < -0.4 is 5.56 Å². The average Bonchev–Trinajstić information content (AvgIpc) is 3.32. The van der Waals surface area contributed by atoms with Crippen LogP contribution in [-0.2, 0) is 14.2 Å². The van der Waals surface area contributed by atoms with Gasteiger partial charge in [-0.05, 0) is 32.8 Å². The second-order valence-corrected chi connectivity index (χ2v) is 8.54. The molecule has 0 aromatic carbocycles. The molecule has 1 N–H and O–H groups in total. The molecule has 2 unspecified atom stereocenters. The lowest BCUT2D eigenvalue weighted by Crippen LogP contribution is -2.36. The molecule has 4 heterocycles. The van der Waals surface area contributed by atoms with Gasteiger partial charge in [-0.1, -0.05) is 6.08 Å². The van der Waals surface area contributed by atoms with Gasteiger partial charge in [-0.3, -0.25) is 4.79 Å². The van der Waals surface area contributed by atoms with Gasteiger partial charge in [-0.25, -0.2) is 14.3 Å². The molecule has 162 valence electrons. The molecule has 2 aromatic rings. The van der Waals surface area contributed by atoms with Gasteiger partial charge in [0.1, 0.15) is 11.4 Å². The largest absolute Gasteiger partial charge is 0.444 e. The van der Waals surface area contributed by atoms with E-state index in [1.807, 2.05) is 26.8 Å². The quantitative estimate of drug-likeness (QED) is 0.807. The van der Waals surface area contributed by atoms with Crippen LogP contribution >= 0.6 is 0 Å². The van der Waals surface area contributed by atoms with E-state index in [-0.39, 0.29) is 17.6 Å². The fourth-order valence-corrected chi connectivity index (χ4v) is 3.78. The molecular weight excluding hydrogens is 390 g/mol. The number of amides is 1. The van der Waals surface area contributed by atoms with Crippen molar-refractivity contribution in [2.24, 2.45) is 0 Å². The van der Waals surface area contributed by atoms with Gasteiger partial charge in [-0.2, -0.15) is 5.10 Å². The minimum Gasteiger partial charge on any atom is -0.444 e. The highest BCUT2D eigenvalue weighted by atomic mass is 16.6. The van der Waals surface area contributed by atoms with Crippen molar-refractivity contribution in [2.45, 2.75) is 44.8 Å². The summed E-state index contributed by atoms with van der Waals surface area (Å²) in [5.41, 5.74) is 0.497. The van der Waals surface area contributed by atoms with Crippen molar-refractivity contribution in [3.05, 3.63) is 34.3 Å². The van der Waals surface area contributed by atoms with Crippen molar-refractivity contribution >= 4 is 17.2 Å². The number of H-pyrrole nitrogens is 1. The number of likely N-dealkylation sites (tertiary alicyclic amines) is 1. The number of carbonyl (C=O) groups is 1. The molecule has 2 aliphatic heterocycles. The maximum absolute atomic E-state index is 12.7. The van der Waals surface area contributed by atoms with Crippen molar-refractivity contribution in [2.75, 3.05) is 33.4 Å². The van der Waals surface area contributed by atoms with Gasteiger partial charge in [0.05, 0.1) is 38.0 Å². The third kappa shape index (κ3) is 3.97. The summed E-state index contributed by atoms with van der Waals surface area (Å²) in [5.74, 6) is 0.799. The molecule has 1 saturated heterocycles. The topological polar surface area (TPSA) is 111 Å². The Bertz CT molecular complexity index is 1030. The molecule has 0 radical (unpaired) electrons. The van der Waals surface area contributed by atoms with Crippen molar-refractivity contribution < 1.29 is 19.0 Å². The molecule has 2 aliphatic rings. The second kappa shape index (κ2) is 7.84. The monoisotopic (exact) mass is 417 g/mol. The summed E-state index contributed by atoms with van der Waals surface area (Å²) < 4.78 is 18.0. The molecule has 4 rings (SSSR count). The van der Waals surface area contributed by atoms with Crippen molar-refractivity contribution in [3.63, 3.8) is 0 Å².